The number of aromatic nitrogens is 1. The van der Waals surface area contributed by atoms with Gasteiger partial charge >= 0.3 is 0 Å². The average molecular weight is 486 g/mol. The van der Waals surface area contributed by atoms with Crippen LogP contribution < -0.4 is 14.4 Å². The van der Waals surface area contributed by atoms with E-state index in [1.807, 2.05) is 36.4 Å². The third kappa shape index (κ3) is 5.84. The van der Waals surface area contributed by atoms with Crippen LogP contribution in [0.5, 0.6) is 11.5 Å². The molecule has 0 unspecified atom stereocenters. The van der Waals surface area contributed by atoms with Gasteiger partial charge in [-0.15, -0.1) is 11.3 Å². The van der Waals surface area contributed by atoms with E-state index >= 15 is 0 Å². The lowest BCUT2D eigenvalue weighted by Gasteiger charge is -2.36. The maximum absolute atomic E-state index is 6.17. The van der Waals surface area contributed by atoms with Gasteiger partial charge in [0.2, 0.25) is 0 Å². The summed E-state index contributed by atoms with van der Waals surface area (Å²) in [6.07, 6.45) is 5.18. The van der Waals surface area contributed by atoms with E-state index < -0.39 is 0 Å². The summed E-state index contributed by atoms with van der Waals surface area (Å²) >= 11 is 1.71. The number of thiazole rings is 1. The predicted octanol–water partition coefficient (Wildman–Crippen LogP) is 6.07. The summed E-state index contributed by atoms with van der Waals surface area (Å²) in [7, 11) is 1.74. The Labute approximate surface area is 211 Å². The van der Waals surface area contributed by atoms with E-state index in [9.17, 15) is 0 Å². The zero-order chi connectivity index (χ0) is 23.9. The van der Waals surface area contributed by atoms with Gasteiger partial charge in [-0.1, -0.05) is 42.5 Å². The molecule has 0 spiro atoms. The molecule has 0 atom stereocenters. The van der Waals surface area contributed by atoms with Crippen molar-refractivity contribution in [1.82, 2.24) is 9.88 Å². The molecular formula is C29H31N3O2S. The van der Waals surface area contributed by atoms with Gasteiger partial charge in [-0.2, -0.15) is 0 Å². The SMILES string of the molecule is COc1ccccc1N1CCN(CCCOc2ccccc2/C=C/c2nc3ccccc3s2)CC1. The number of piperazine rings is 1. The molecule has 0 amide bonds. The number of anilines is 1. The Morgan fingerprint density at radius 2 is 1.60 bits per heavy atom. The van der Waals surface area contributed by atoms with Crippen molar-refractivity contribution in [3.8, 4) is 11.5 Å². The Balaban J connectivity index is 1.10. The quantitative estimate of drug-likeness (QED) is 0.269. The Hall–Kier alpha value is -3.35. The van der Waals surface area contributed by atoms with Gasteiger partial charge in [0, 0.05) is 38.3 Å². The van der Waals surface area contributed by atoms with Crippen LogP contribution in [0.15, 0.2) is 72.8 Å². The van der Waals surface area contributed by atoms with Crippen molar-refractivity contribution in [2.24, 2.45) is 0 Å². The first-order valence-electron chi connectivity index (χ1n) is 12.2. The van der Waals surface area contributed by atoms with Gasteiger partial charge < -0.3 is 14.4 Å². The second-order valence-electron chi connectivity index (χ2n) is 8.59. The van der Waals surface area contributed by atoms with E-state index in [1.165, 1.54) is 10.4 Å². The molecule has 1 fully saturated rings. The lowest BCUT2D eigenvalue weighted by molar-refractivity contribution is 0.224. The molecule has 180 valence electrons. The van der Waals surface area contributed by atoms with E-state index in [0.717, 1.165) is 66.7 Å². The minimum atomic E-state index is 0.707. The van der Waals surface area contributed by atoms with Crippen molar-refractivity contribution >= 4 is 39.4 Å². The fourth-order valence-electron chi connectivity index (χ4n) is 4.45. The average Bonchev–Trinajstić information content (AvgIpc) is 3.34. The first kappa shape index (κ1) is 23.4. The summed E-state index contributed by atoms with van der Waals surface area (Å²) in [6.45, 7) is 5.89. The van der Waals surface area contributed by atoms with Crippen LogP contribution in [-0.2, 0) is 0 Å². The minimum absolute atomic E-state index is 0.707. The van der Waals surface area contributed by atoms with Crippen LogP contribution in [-0.4, -0.2) is 56.3 Å². The summed E-state index contributed by atoms with van der Waals surface area (Å²) in [4.78, 5) is 9.63. The molecule has 1 saturated heterocycles. The van der Waals surface area contributed by atoms with Gasteiger partial charge in [0.15, 0.2) is 0 Å². The molecule has 6 heteroatoms. The molecule has 4 aromatic rings. The number of methoxy groups -OCH3 is 1. The third-order valence-corrected chi connectivity index (χ3v) is 7.31. The van der Waals surface area contributed by atoms with Crippen LogP contribution in [0.2, 0.25) is 0 Å². The maximum atomic E-state index is 6.17. The highest BCUT2D eigenvalue weighted by Crippen LogP contribution is 2.28. The lowest BCUT2D eigenvalue weighted by Crippen LogP contribution is -2.46. The molecule has 0 saturated carbocycles. The third-order valence-electron chi connectivity index (χ3n) is 6.31. The zero-order valence-corrected chi connectivity index (χ0v) is 20.9. The van der Waals surface area contributed by atoms with Gasteiger partial charge in [0.05, 0.1) is 29.6 Å². The van der Waals surface area contributed by atoms with Crippen molar-refractivity contribution in [2.75, 3.05) is 51.3 Å². The number of para-hydroxylation sites is 4. The molecule has 0 N–H and O–H groups in total. The Kier molecular flexibility index (Phi) is 7.61. The normalized spacial score (nSPS) is 14.6. The van der Waals surface area contributed by atoms with Gasteiger partial charge in [0.1, 0.15) is 16.5 Å². The number of rotatable bonds is 9. The van der Waals surface area contributed by atoms with Gasteiger partial charge in [-0.25, -0.2) is 4.98 Å². The molecule has 0 aliphatic carbocycles. The molecule has 0 bridgehead atoms. The van der Waals surface area contributed by atoms with Crippen LogP contribution in [0.25, 0.3) is 22.4 Å². The molecule has 1 aliphatic rings. The van der Waals surface area contributed by atoms with Crippen LogP contribution >= 0.6 is 11.3 Å². The molecule has 35 heavy (non-hydrogen) atoms. The van der Waals surface area contributed by atoms with E-state index in [4.69, 9.17) is 14.5 Å². The Bertz CT molecular complexity index is 1240. The van der Waals surface area contributed by atoms with Crippen molar-refractivity contribution in [2.45, 2.75) is 6.42 Å². The number of nitrogens with zero attached hydrogens (tertiary/aromatic N) is 3. The fraction of sp³-hybridized carbons (Fsp3) is 0.276. The van der Waals surface area contributed by atoms with Crippen LogP contribution in [0.1, 0.15) is 17.0 Å². The van der Waals surface area contributed by atoms with Gasteiger partial charge in [-0.05, 0) is 48.9 Å². The highest BCUT2D eigenvalue weighted by Gasteiger charge is 2.19. The van der Waals surface area contributed by atoms with Crippen molar-refractivity contribution in [1.29, 1.82) is 0 Å². The van der Waals surface area contributed by atoms with Crippen LogP contribution in [0.3, 0.4) is 0 Å². The molecule has 0 radical (unpaired) electrons. The van der Waals surface area contributed by atoms with E-state index in [0.29, 0.717) is 6.61 Å². The van der Waals surface area contributed by atoms with Crippen molar-refractivity contribution in [3.05, 3.63) is 83.4 Å². The molecule has 2 heterocycles. The summed E-state index contributed by atoms with van der Waals surface area (Å²) in [5, 5.41) is 1.01. The van der Waals surface area contributed by atoms with Crippen molar-refractivity contribution in [3.63, 3.8) is 0 Å². The standard InChI is InChI=1S/C29H31N3O2S/c1-33-27-13-6-4-11-25(27)32-20-18-31(19-21-32)17-8-22-34-26-12-5-2-9-23(26)15-16-29-30-24-10-3-7-14-28(24)35-29/h2-7,9-16H,8,17-22H2,1H3/b16-15+. The van der Waals surface area contributed by atoms with E-state index in [-0.39, 0.29) is 0 Å². The molecular weight excluding hydrogens is 454 g/mol. The fourth-order valence-corrected chi connectivity index (χ4v) is 5.32. The van der Waals surface area contributed by atoms with Crippen molar-refractivity contribution < 1.29 is 9.47 Å². The maximum Gasteiger partial charge on any atom is 0.142 e. The number of hydrogen-bond donors (Lipinski definition) is 0. The zero-order valence-electron chi connectivity index (χ0n) is 20.1. The summed E-state index contributed by atoms with van der Waals surface area (Å²) < 4.78 is 12.9. The van der Waals surface area contributed by atoms with Crippen LogP contribution in [0.4, 0.5) is 5.69 Å². The first-order valence-corrected chi connectivity index (χ1v) is 13.0. The summed E-state index contributed by atoms with van der Waals surface area (Å²) in [6, 6.07) is 24.7. The largest absolute Gasteiger partial charge is 0.495 e. The smallest absolute Gasteiger partial charge is 0.142 e. The van der Waals surface area contributed by atoms with Crippen LogP contribution in [0, 0.1) is 0 Å². The number of ether oxygens (including phenoxy) is 2. The topological polar surface area (TPSA) is 37.8 Å². The Morgan fingerprint density at radius 1 is 0.857 bits per heavy atom. The molecule has 1 aliphatic heterocycles. The Morgan fingerprint density at radius 3 is 2.43 bits per heavy atom. The monoisotopic (exact) mass is 485 g/mol. The molecule has 3 aromatic carbocycles. The first-order chi connectivity index (χ1) is 17.3. The van der Waals surface area contributed by atoms with Gasteiger partial charge in [0.25, 0.3) is 0 Å². The summed E-state index contributed by atoms with van der Waals surface area (Å²) in [5.41, 5.74) is 3.32. The highest BCUT2D eigenvalue weighted by atomic mass is 32.1. The summed E-state index contributed by atoms with van der Waals surface area (Å²) in [5.74, 6) is 1.87. The molecule has 5 nitrogen and oxygen atoms in total. The second-order valence-corrected chi connectivity index (χ2v) is 9.66. The lowest BCUT2D eigenvalue weighted by atomic mass is 10.2. The minimum Gasteiger partial charge on any atom is -0.495 e. The predicted molar refractivity (Wildman–Crippen MR) is 147 cm³/mol. The van der Waals surface area contributed by atoms with E-state index in [1.54, 1.807) is 18.4 Å². The molecule has 5 rings (SSSR count). The number of hydrogen-bond acceptors (Lipinski definition) is 6. The molecule has 1 aromatic heterocycles. The number of benzene rings is 3. The highest BCUT2D eigenvalue weighted by molar-refractivity contribution is 7.19. The number of fused-ring (bicyclic) bond motifs is 1. The second kappa shape index (κ2) is 11.4. The van der Waals surface area contributed by atoms with Gasteiger partial charge in [-0.3, -0.25) is 4.90 Å². The van der Waals surface area contributed by atoms with E-state index in [2.05, 4.69) is 58.4 Å².